The zero-order valence-electron chi connectivity index (χ0n) is 8.05. The number of rotatable bonds is 0. The van der Waals surface area contributed by atoms with Crippen molar-refractivity contribution in [2.45, 2.75) is 58.0 Å². The molecule has 2 rings (SSSR count). The molecule has 1 heteroatoms. The first-order valence-corrected chi connectivity index (χ1v) is 5.39. The molecular formula is C11H20O. The second-order valence-electron chi connectivity index (χ2n) is 5.02. The summed E-state index contributed by atoms with van der Waals surface area (Å²) in [7, 11) is 0. The molecule has 0 saturated heterocycles. The van der Waals surface area contributed by atoms with E-state index in [-0.39, 0.29) is 6.10 Å². The van der Waals surface area contributed by atoms with Crippen LogP contribution >= 0.6 is 0 Å². The Balaban J connectivity index is 2.06. The lowest BCUT2D eigenvalue weighted by atomic mass is 9.60. The molecule has 0 aromatic carbocycles. The van der Waals surface area contributed by atoms with Crippen molar-refractivity contribution in [3.63, 3.8) is 0 Å². The van der Waals surface area contributed by atoms with E-state index in [0.717, 1.165) is 18.8 Å². The first-order valence-electron chi connectivity index (χ1n) is 5.39. The van der Waals surface area contributed by atoms with Crippen LogP contribution in [0.2, 0.25) is 0 Å². The standard InChI is InChI=1S/C11H20O/c1-11-6-3-2-4-9(11)8-10(12)5-7-11/h9-10,12H,2-8H2,1H3/t9-,10?,11?/m0/s1. The van der Waals surface area contributed by atoms with Crippen molar-refractivity contribution in [1.82, 2.24) is 0 Å². The Morgan fingerprint density at radius 2 is 2.00 bits per heavy atom. The summed E-state index contributed by atoms with van der Waals surface area (Å²) >= 11 is 0. The summed E-state index contributed by atoms with van der Waals surface area (Å²) in [6, 6.07) is 0. The average molecular weight is 168 g/mol. The summed E-state index contributed by atoms with van der Waals surface area (Å²) in [4.78, 5) is 0. The van der Waals surface area contributed by atoms with Crippen LogP contribution in [0, 0.1) is 11.3 Å². The Morgan fingerprint density at radius 1 is 1.17 bits per heavy atom. The molecule has 2 saturated carbocycles. The lowest BCUT2D eigenvalue weighted by molar-refractivity contribution is -0.00751. The summed E-state index contributed by atoms with van der Waals surface area (Å²) in [5, 5.41) is 9.56. The molecule has 2 aliphatic carbocycles. The van der Waals surface area contributed by atoms with Gasteiger partial charge in [0.05, 0.1) is 6.10 Å². The van der Waals surface area contributed by atoms with Crippen molar-refractivity contribution >= 4 is 0 Å². The van der Waals surface area contributed by atoms with Crippen LogP contribution in [-0.4, -0.2) is 11.2 Å². The molecule has 0 bridgehead atoms. The van der Waals surface area contributed by atoms with Gasteiger partial charge in [0.25, 0.3) is 0 Å². The lowest BCUT2D eigenvalue weighted by Gasteiger charge is -2.46. The largest absolute Gasteiger partial charge is 0.393 e. The van der Waals surface area contributed by atoms with Gasteiger partial charge in [0, 0.05) is 0 Å². The molecule has 0 heterocycles. The highest BCUT2D eigenvalue weighted by Gasteiger charge is 2.40. The van der Waals surface area contributed by atoms with Crippen molar-refractivity contribution in [2.75, 3.05) is 0 Å². The zero-order valence-corrected chi connectivity index (χ0v) is 8.05. The fourth-order valence-electron chi connectivity index (χ4n) is 3.15. The van der Waals surface area contributed by atoms with Gasteiger partial charge in [-0.05, 0) is 43.4 Å². The Kier molecular flexibility index (Phi) is 2.16. The molecule has 2 unspecified atom stereocenters. The minimum absolute atomic E-state index is 0.0150. The van der Waals surface area contributed by atoms with E-state index in [1.54, 1.807) is 0 Å². The molecule has 3 atom stereocenters. The maximum absolute atomic E-state index is 9.56. The molecule has 12 heavy (non-hydrogen) atoms. The molecule has 0 radical (unpaired) electrons. The van der Waals surface area contributed by atoms with Gasteiger partial charge in [-0.3, -0.25) is 0 Å². The molecule has 0 aromatic heterocycles. The second kappa shape index (κ2) is 3.02. The summed E-state index contributed by atoms with van der Waals surface area (Å²) in [6.07, 6.45) is 9.00. The van der Waals surface area contributed by atoms with Crippen LogP contribution in [0.4, 0.5) is 0 Å². The van der Waals surface area contributed by atoms with Crippen molar-refractivity contribution in [1.29, 1.82) is 0 Å². The van der Waals surface area contributed by atoms with Crippen LogP contribution in [0.15, 0.2) is 0 Å². The summed E-state index contributed by atoms with van der Waals surface area (Å²) < 4.78 is 0. The fraction of sp³-hybridized carbons (Fsp3) is 1.00. The Bertz CT molecular complexity index is 166. The van der Waals surface area contributed by atoms with Crippen LogP contribution in [0.25, 0.3) is 0 Å². The SMILES string of the molecule is CC12CCCC[C@H]1CC(O)CC2. The molecule has 0 amide bonds. The first-order chi connectivity index (χ1) is 5.71. The van der Waals surface area contributed by atoms with Gasteiger partial charge in [0.2, 0.25) is 0 Å². The van der Waals surface area contributed by atoms with E-state index < -0.39 is 0 Å². The second-order valence-corrected chi connectivity index (χ2v) is 5.02. The minimum Gasteiger partial charge on any atom is -0.393 e. The number of hydrogen-bond acceptors (Lipinski definition) is 1. The third-order valence-corrected chi connectivity index (χ3v) is 4.14. The van der Waals surface area contributed by atoms with Crippen molar-refractivity contribution < 1.29 is 5.11 Å². The Morgan fingerprint density at radius 3 is 2.83 bits per heavy atom. The topological polar surface area (TPSA) is 20.2 Å². The molecule has 0 aliphatic heterocycles. The average Bonchev–Trinajstić information content (AvgIpc) is 2.06. The van der Waals surface area contributed by atoms with Gasteiger partial charge in [-0.25, -0.2) is 0 Å². The van der Waals surface area contributed by atoms with Crippen LogP contribution < -0.4 is 0 Å². The van der Waals surface area contributed by atoms with Crippen molar-refractivity contribution in [2.24, 2.45) is 11.3 Å². The maximum atomic E-state index is 9.56. The Labute approximate surface area is 75.2 Å². The van der Waals surface area contributed by atoms with Crippen LogP contribution in [-0.2, 0) is 0 Å². The number of hydrogen-bond donors (Lipinski definition) is 1. The van der Waals surface area contributed by atoms with Crippen molar-refractivity contribution in [3.05, 3.63) is 0 Å². The summed E-state index contributed by atoms with van der Waals surface area (Å²) in [6.45, 7) is 2.43. The van der Waals surface area contributed by atoms with E-state index in [2.05, 4.69) is 6.92 Å². The normalized spacial score (nSPS) is 48.5. The van der Waals surface area contributed by atoms with E-state index in [4.69, 9.17) is 0 Å². The van der Waals surface area contributed by atoms with E-state index in [1.807, 2.05) is 0 Å². The third-order valence-electron chi connectivity index (χ3n) is 4.14. The highest BCUT2D eigenvalue weighted by atomic mass is 16.3. The molecular weight excluding hydrogens is 148 g/mol. The molecule has 1 N–H and O–H groups in total. The molecule has 1 nitrogen and oxygen atoms in total. The summed E-state index contributed by atoms with van der Waals surface area (Å²) in [5.74, 6) is 0.829. The van der Waals surface area contributed by atoms with E-state index >= 15 is 0 Å². The van der Waals surface area contributed by atoms with Gasteiger partial charge >= 0.3 is 0 Å². The minimum atomic E-state index is 0.0150. The predicted molar refractivity (Wildman–Crippen MR) is 49.9 cm³/mol. The zero-order chi connectivity index (χ0) is 8.60. The van der Waals surface area contributed by atoms with Gasteiger partial charge in [0.15, 0.2) is 0 Å². The molecule has 0 spiro atoms. The molecule has 0 aromatic rings. The van der Waals surface area contributed by atoms with Crippen LogP contribution in [0.5, 0.6) is 0 Å². The van der Waals surface area contributed by atoms with Gasteiger partial charge in [-0.15, -0.1) is 0 Å². The molecule has 70 valence electrons. The maximum Gasteiger partial charge on any atom is 0.0543 e. The highest BCUT2D eigenvalue weighted by molar-refractivity contribution is 4.91. The summed E-state index contributed by atoms with van der Waals surface area (Å²) in [5.41, 5.74) is 0.595. The smallest absolute Gasteiger partial charge is 0.0543 e. The van der Waals surface area contributed by atoms with E-state index in [1.165, 1.54) is 32.1 Å². The van der Waals surface area contributed by atoms with Crippen LogP contribution in [0.3, 0.4) is 0 Å². The van der Waals surface area contributed by atoms with E-state index in [9.17, 15) is 5.11 Å². The highest BCUT2D eigenvalue weighted by Crippen LogP contribution is 2.49. The number of aliphatic hydroxyl groups is 1. The number of fused-ring (bicyclic) bond motifs is 1. The molecule has 2 aliphatic rings. The quantitative estimate of drug-likeness (QED) is 0.589. The van der Waals surface area contributed by atoms with Crippen LogP contribution in [0.1, 0.15) is 51.9 Å². The number of aliphatic hydroxyl groups excluding tert-OH is 1. The predicted octanol–water partition coefficient (Wildman–Crippen LogP) is 2.73. The van der Waals surface area contributed by atoms with Gasteiger partial charge in [-0.2, -0.15) is 0 Å². The van der Waals surface area contributed by atoms with Gasteiger partial charge in [-0.1, -0.05) is 19.8 Å². The fourth-order valence-corrected chi connectivity index (χ4v) is 3.15. The monoisotopic (exact) mass is 168 g/mol. The molecule has 2 fully saturated rings. The van der Waals surface area contributed by atoms with Crippen molar-refractivity contribution in [3.8, 4) is 0 Å². The lowest BCUT2D eigenvalue weighted by Crippen LogP contribution is -2.38. The van der Waals surface area contributed by atoms with Gasteiger partial charge in [0.1, 0.15) is 0 Å². The third kappa shape index (κ3) is 1.39. The van der Waals surface area contributed by atoms with E-state index in [0.29, 0.717) is 5.41 Å². The van der Waals surface area contributed by atoms with Gasteiger partial charge < -0.3 is 5.11 Å². The Hall–Kier alpha value is -0.0400. The first kappa shape index (κ1) is 8.55.